The van der Waals surface area contributed by atoms with Gasteiger partial charge >= 0.3 is 0 Å². The molecule has 0 saturated heterocycles. The van der Waals surface area contributed by atoms with Crippen LogP contribution >= 0.6 is 11.6 Å². The van der Waals surface area contributed by atoms with E-state index in [1.54, 1.807) is 13.2 Å². The molecule has 2 heterocycles. The number of benzene rings is 1. The Balaban J connectivity index is 2.18. The lowest BCUT2D eigenvalue weighted by Crippen LogP contribution is -1.98. The summed E-state index contributed by atoms with van der Waals surface area (Å²) in [4.78, 5) is 8.60. The first-order chi connectivity index (χ1) is 9.17. The second-order valence-corrected chi connectivity index (χ2v) is 4.70. The molecule has 4 nitrogen and oxygen atoms in total. The van der Waals surface area contributed by atoms with Gasteiger partial charge in [0.2, 0.25) is 5.95 Å². The fraction of sp³-hybridized carbons (Fsp3) is 0.143. The molecule has 96 valence electrons. The zero-order valence-corrected chi connectivity index (χ0v) is 11.3. The molecule has 0 fully saturated rings. The molecule has 1 aromatic carbocycles. The SMILES string of the molecule is CNc1ncc(C)c(-c2cc3cc(Cl)ccc3o2)n1. The van der Waals surface area contributed by atoms with E-state index in [-0.39, 0.29) is 0 Å². The first kappa shape index (κ1) is 12.0. The number of furan rings is 1. The van der Waals surface area contributed by atoms with Crippen molar-refractivity contribution in [1.82, 2.24) is 9.97 Å². The molecule has 0 bridgehead atoms. The van der Waals surface area contributed by atoms with E-state index in [4.69, 9.17) is 16.0 Å². The number of hydrogen-bond acceptors (Lipinski definition) is 4. The molecule has 0 amide bonds. The van der Waals surface area contributed by atoms with Crippen LogP contribution in [0.2, 0.25) is 5.02 Å². The van der Waals surface area contributed by atoms with Crippen LogP contribution in [0.5, 0.6) is 0 Å². The predicted octanol–water partition coefficient (Wildman–Crippen LogP) is 3.89. The highest BCUT2D eigenvalue weighted by Gasteiger charge is 2.11. The van der Waals surface area contributed by atoms with Crippen molar-refractivity contribution in [2.75, 3.05) is 12.4 Å². The van der Waals surface area contributed by atoms with Gasteiger partial charge in [0.1, 0.15) is 11.3 Å². The van der Waals surface area contributed by atoms with E-state index >= 15 is 0 Å². The summed E-state index contributed by atoms with van der Waals surface area (Å²) >= 11 is 5.98. The average molecular weight is 274 g/mol. The second-order valence-electron chi connectivity index (χ2n) is 4.27. The van der Waals surface area contributed by atoms with Crippen LogP contribution in [-0.4, -0.2) is 17.0 Å². The molecule has 0 unspecified atom stereocenters. The molecule has 0 aliphatic carbocycles. The first-order valence-corrected chi connectivity index (χ1v) is 6.26. The zero-order chi connectivity index (χ0) is 13.4. The number of aryl methyl sites for hydroxylation is 1. The Hall–Kier alpha value is -2.07. The topological polar surface area (TPSA) is 51.0 Å². The van der Waals surface area contributed by atoms with Crippen LogP contribution in [0, 0.1) is 6.92 Å². The van der Waals surface area contributed by atoms with Gasteiger partial charge in [0.15, 0.2) is 5.76 Å². The lowest BCUT2D eigenvalue weighted by molar-refractivity contribution is 0.628. The number of fused-ring (bicyclic) bond motifs is 1. The number of rotatable bonds is 2. The van der Waals surface area contributed by atoms with E-state index in [0.29, 0.717) is 16.7 Å². The predicted molar refractivity (Wildman–Crippen MR) is 76.5 cm³/mol. The minimum atomic E-state index is 0.569. The van der Waals surface area contributed by atoms with Crippen molar-refractivity contribution in [2.45, 2.75) is 6.92 Å². The fourth-order valence-corrected chi connectivity index (χ4v) is 2.12. The highest BCUT2D eigenvalue weighted by atomic mass is 35.5. The Kier molecular flexibility index (Phi) is 2.87. The standard InChI is InChI=1S/C14H12ClN3O/c1-8-7-17-14(16-2)18-13(8)12-6-9-5-10(15)3-4-11(9)19-12/h3-7H,1-2H3,(H,16,17,18). The van der Waals surface area contributed by atoms with Gasteiger partial charge in [-0.05, 0) is 36.8 Å². The van der Waals surface area contributed by atoms with Gasteiger partial charge in [0.05, 0.1) is 0 Å². The second kappa shape index (κ2) is 4.55. The van der Waals surface area contributed by atoms with Gasteiger partial charge in [-0.3, -0.25) is 0 Å². The molecule has 0 spiro atoms. The van der Waals surface area contributed by atoms with E-state index in [0.717, 1.165) is 22.2 Å². The summed E-state index contributed by atoms with van der Waals surface area (Å²) in [5, 5.41) is 4.58. The van der Waals surface area contributed by atoms with Crippen LogP contribution in [-0.2, 0) is 0 Å². The molecule has 3 rings (SSSR count). The normalized spacial score (nSPS) is 10.9. The average Bonchev–Trinajstić information content (AvgIpc) is 2.82. The number of nitrogens with zero attached hydrogens (tertiary/aromatic N) is 2. The molecule has 3 aromatic rings. The monoisotopic (exact) mass is 273 g/mol. The van der Waals surface area contributed by atoms with Crippen LogP contribution in [0.4, 0.5) is 5.95 Å². The highest BCUT2D eigenvalue weighted by molar-refractivity contribution is 6.31. The minimum Gasteiger partial charge on any atom is -0.454 e. The van der Waals surface area contributed by atoms with Crippen LogP contribution in [0.3, 0.4) is 0 Å². The molecule has 1 N–H and O–H groups in total. The van der Waals surface area contributed by atoms with Crippen molar-refractivity contribution in [3.8, 4) is 11.5 Å². The summed E-state index contributed by atoms with van der Waals surface area (Å²) in [6, 6.07) is 7.48. The van der Waals surface area contributed by atoms with Gasteiger partial charge in [0.25, 0.3) is 0 Å². The largest absolute Gasteiger partial charge is 0.454 e. The highest BCUT2D eigenvalue weighted by Crippen LogP contribution is 2.30. The lowest BCUT2D eigenvalue weighted by Gasteiger charge is -2.03. The third-order valence-electron chi connectivity index (χ3n) is 2.91. The van der Waals surface area contributed by atoms with Gasteiger partial charge in [-0.15, -0.1) is 0 Å². The molecule has 0 atom stereocenters. The van der Waals surface area contributed by atoms with Gasteiger partial charge in [-0.1, -0.05) is 11.6 Å². The van der Waals surface area contributed by atoms with Crippen molar-refractivity contribution < 1.29 is 4.42 Å². The third-order valence-corrected chi connectivity index (χ3v) is 3.14. The van der Waals surface area contributed by atoms with Crippen LogP contribution < -0.4 is 5.32 Å². The summed E-state index contributed by atoms with van der Waals surface area (Å²) in [6.45, 7) is 1.95. The van der Waals surface area contributed by atoms with Crippen molar-refractivity contribution in [3.05, 3.63) is 41.0 Å². The smallest absolute Gasteiger partial charge is 0.223 e. The zero-order valence-electron chi connectivity index (χ0n) is 10.6. The Labute approximate surface area is 115 Å². The van der Waals surface area contributed by atoms with E-state index in [1.807, 2.05) is 31.2 Å². The molecule has 19 heavy (non-hydrogen) atoms. The Morgan fingerprint density at radius 3 is 2.89 bits per heavy atom. The Morgan fingerprint density at radius 2 is 2.11 bits per heavy atom. The molecule has 0 radical (unpaired) electrons. The van der Waals surface area contributed by atoms with E-state index < -0.39 is 0 Å². The fourth-order valence-electron chi connectivity index (χ4n) is 1.94. The van der Waals surface area contributed by atoms with Crippen molar-refractivity contribution in [3.63, 3.8) is 0 Å². The Bertz CT molecular complexity index is 752. The van der Waals surface area contributed by atoms with Crippen molar-refractivity contribution >= 4 is 28.5 Å². The summed E-state index contributed by atoms with van der Waals surface area (Å²) in [5.74, 6) is 1.28. The van der Waals surface area contributed by atoms with Gasteiger partial charge < -0.3 is 9.73 Å². The maximum Gasteiger partial charge on any atom is 0.223 e. The number of halogens is 1. The summed E-state index contributed by atoms with van der Waals surface area (Å²) in [5.41, 5.74) is 2.54. The molecule has 0 saturated carbocycles. The van der Waals surface area contributed by atoms with Gasteiger partial charge in [-0.25, -0.2) is 9.97 Å². The molecular weight excluding hydrogens is 262 g/mol. The molecule has 0 aliphatic heterocycles. The van der Waals surface area contributed by atoms with Crippen LogP contribution in [0.15, 0.2) is 34.9 Å². The quantitative estimate of drug-likeness (QED) is 0.769. The molecule has 5 heteroatoms. The molecule has 2 aromatic heterocycles. The van der Waals surface area contributed by atoms with Gasteiger partial charge in [-0.2, -0.15) is 0 Å². The number of aromatic nitrogens is 2. The lowest BCUT2D eigenvalue weighted by atomic mass is 10.2. The van der Waals surface area contributed by atoms with Crippen molar-refractivity contribution in [2.24, 2.45) is 0 Å². The molecule has 0 aliphatic rings. The Morgan fingerprint density at radius 1 is 1.26 bits per heavy atom. The maximum atomic E-state index is 5.98. The minimum absolute atomic E-state index is 0.569. The van der Waals surface area contributed by atoms with E-state index in [9.17, 15) is 0 Å². The number of anilines is 1. The van der Waals surface area contributed by atoms with E-state index in [1.165, 1.54) is 0 Å². The van der Waals surface area contributed by atoms with Crippen LogP contribution in [0.1, 0.15) is 5.56 Å². The summed E-state index contributed by atoms with van der Waals surface area (Å²) < 4.78 is 5.81. The van der Waals surface area contributed by atoms with Crippen molar-refractivity contribution in [1.29, 1.82) is 0 Å². The maximum absolute atomic E-state index is 5.98. The summed E-state index contributed by atoms with van der Waals surface area (Å²) in [7, 11) is 1.78. The van der Waals surface area contributed by atoms with Gasteiger partial charge in [0, 0.05) is 23.7 Å². The van der Waals surface area contributed by atoms with E-state index in [2.05, 4.69) is 15.3 Å². The summed E-state index contributed by atoms with van der Waals surface area (Å²) in [6.07, 6.45) is 1.77. The number of hydrogen-bond donors (Lipinski definition) is 1. The number of nitrogens with one attached hydrogen (secondary N) is 1. The molecular formula is C14H12ClN3O. The first-order valence-electron chi connectivity index (χ1n) is 5.88. The third kappa shape index (κ3) is 2.15. The van der Waals surface area contributed by atoms with Crippen LogP contribution in [0.25, 0.3) is 22.4 Å².